The van der Waals surface area contributed by atoms with Crippen LogP contribution in [-0.4, -0.2) is 23.5 Å². The molecular weight excluding hydrogens is 308 g/mol. The second-order valence-corrected chi connectivity index (χ2v) is 7.27. The van der Waals surface area contributed by atoms with Gasteiger partial charge in [-0.05, 0) is 37.3 Å². The largest absolute Gasteiger partial charge is 0.335 e. The number of nitrogens with zero attached hydrogens (tertiary/aromatic N) is 1. The van der Waals surface area contributed by atoms with Crippen molar-refractivity contribution in [2.45, 2.75) is 69.9 Å². The third-order valence-electron chi connectivity index (χ3n) is 5.21. The van der Waals surface area contributed by atoms with Crippen LogP contribution >= 0.6 is 11.6 Å². The van der Waals surface area contributed by atoms with E-state index in [9.17, 15) is 4.79 Å². The van der Waals surface area contributed by atoms with Gasteiger partial charge in [0.05, 0.1) is 6.04 Å². The molecule has 1 N–H and O–H groups in total. The fraction of sp³-hybridized carbons (Fsp3) is 0.632. The summed E-state index contributed by atoms with van der Waals surface area (Å²) in [5.74, 6) is 0. The number of halogens is 1. The van der Waals surface area contributed by atoms with E-state index in [-0.39, 0.29) is 12.1 Å². The zero-order valence-electron chi connectivity index (χ0n) is 13.8. The van der Waals surface area contributed by atoms with Crippen LogP contribution in [0.5, 0.6) is 0 Å². The van der Waals surface area contributed by atoms with Gasteiger partial charge < -0.3 is 10.2 Å². The van der Waals surface area contributed by atoms with E-state index >= 15 is 0 Å². The summed E-state index contributed by atoms with van der Waals surface area (Å²) in [7, 11) is 0. The number of nitrogens with one attached hydrogen (secondary N) is 1. The Balaban J connectivity index is 1.75. The van der Waals surface area contributed by atoms with Crippen LogP contribution in [0.1, 0.15) is 69.4 Å². The lowest BCUT2D eigenvalue weighted by Gasteiger charge is -2.33. The standard InChI is InChI=1S/C19H27ClN2O/c20-17-12-7-6-11-16(17)18-13-5-2-8-14-22(18)19(23)21-15-9-3-1-4-10-15/h6-7,11-12,15,18H,1-5,8-10,13-14H2,(H,21,23)/t18-/m0/s1. The molecular formula is C19H27ClN2O. The molecule has 0 bridgehead atoms. The number of rotatable bonds is 2. The van der Waals surface area contributed by atoms with Crippen molar-refractivity contribution < 1.29 is 4.79 Å². The highest BCUT2D eigenvalue weighted by Gasteiger charge is 2.29. The molecule has 1 aromatic carbocycles. The molecule has 3 rings (SSSR count). The van der Waals surface area contributed by atoms with Crippen LogP contribution < -0.4 is 5.32 Å². The van der Waals surface area contributed by atoms with Gasteiger partial charge in [0, 0.05) is 17.6 Å². The molecule has 1 saturated carbocycles. The molecule has 2 amide bonds. The van der Waals surface area contributed by atoms with Crippen molar-refractivity contribution in [2.24, 2.45) is 0 Å². The SMILES string of the molecule is O=C(NC1CCCCC1)N1CCCCC[C@H]1c1ccccc1Cl. The predicted molar refractivity (Wildman–Crippen MR) is 94.8 cm³/mol. The maximum Gasteiger partial charge on any atom is 0.318 e. The summed E-state index contributed by atoms with van der Waals surface area (Å²) < 4.78 is 0. The summed E-state index contributed by atoms with van der Waals surface area (Å²) in [5.41, 5.74) is 1.09. The molecule has 0 spiro atoms. The summed E-state index contributed by atoms with van der Waals surface area (Å²) in [6.45, 7) is 0.828. The Morgan fingerprint density at radius 1 is 1.00 bits per heavy atom. The topological polar surface area (TPSA) is 32.3 Å². The van der Waals surface area contributed by atoms with Crippen LogP contribution in [0.3, 0.4) is 0 Å². The number of carbonyl (C=O) groups is 1. The Kier molecular flexibility index (Phi) is 5.82. The van der Waals surface area contributed by atoms with Gasteiger partial charge in [0.1, 0.15) is 0 Å². The molecule has 0 unspecified atom stereocenters. The van der Waals surface area contributed by atoms with Gasteiger partial charge in [0.2, 0.25) is 0 Å². The Morgan fingerprint density at radius 2 is 1.70 bits per heavy atom. The maximum atomic E-state index is 12.9. The van der Waals surface area contributed by atoms with Crippen molar-refractivity contribution >= 4 is 17.6 Å². The van der Waals surface area contributed by atoms with Crippen LogP contribution in [0.25, 0.3) is 0 Å². The van der Waals surface area contributed by atoms with E-state index in [0.717, 1.165) is 49.2 Å². The van der Waals surface area contributed by atoms with Gasteiger partial charge in [-0.25, -0.2) is 4.79 Å². The average Bonchev–Trinajstić information content (AvgIpc) is 2.82. The maximum absolute atomic E-state index is 12.9. The van der Waals surface area contributed by atoms with Crippen LogP contribution in [0.15, 0.2) is 24.3 Å². The molecule has 0 aromatic heterocycles. The molecule has 1 aromatic rings. The average molecular weight is 335 g/mol. The number of likely N-dealkylation sites (tertiary alicyclic amines) is 1. The van der Waals surface area contributed by atoms with Crippen molar-refractivity contribution in [3.63, 3.8) is 0 Å². The smallest absolute Gasteiger partial charge is 0.318 e. The summed E-state index contributed by atoms with van der Waals surface area (Å²) in [6.07, 6.45) is 10.4. The Hall–Kier alpha value is -1.22. The van der Waals surface area contributed by atoms with Crippen LogP contribution in [-0.2, 0) is 0 Å². The summed E-state index contributed by atoms with van der Waals surface area (Å²) in [4.78, 5) is 14.9. The summed E-state index contributed by atoms with van der Waals surface area (Å²) in [5, 5.41) is 4.05. The van der Waals surface area contributed by atoms with Gasteiger partial charge >= 0.3 is 6.03 Å². The lowest BCUT2D eigenvalue weighted by atomic mass is 9.95. The second-order valence-electron chi connectivity index (χ2n) is 6.86. The van der Waals surface area contributed by atoms with Crippen molar-refractivity contribution in [3.05, 3.63) is 34.9 Å². The van der Waals surface area contributed by atoms with E-state index in [4.69, 9.17) is 11.6 Å². The number of amides is 2. The van der Waals surface area contributed by atoms with Gasteiger partial charge in [0.15, 0.2) is 0 Å². The minimum Gasteiger partial charge on any atom is -0.335 e. The van der Waals surface area contributed by atoms with Crippen molar-refractivity contribution in [1.29, 1.82) is 0 Å². The fourth-order valence-corrected chi connectivity index (χ4v) is 4.19. The first-order chi connectivity index (χ1) is 11.3. The van der Waals surface area contributed by atoms with Gasteiger partial charge in [-0.1, -0.05) is 61.9 Å². The molecule has 23 heavy (non-hydrogen) atoms. The quantitative estimate of drug-likeness (QED) is 0.782. The van der Waals surface area contributed by atoms with Crippen LogP contribution in [0.4, 0.5) is 4.79 Å². The molecule has 1 aliphatic carbocycles. The third kappa shape index (κ3) is 4.20. The molecule has 1 aliphatic heterocycles. The van der Waals surface area contributed by atoms with Crippen molar-refractivity contribution in [3.8, 4) is 0 Å². The molecule has 1 atom stereocenters. The van der Waals surface area contributed by atoms with E-state index in [1.807, 2.05) is 23.1 Å². The minimum atomic E-state index is 0.101. The Morgan fingerprint density at radius 3 is 2.48 bits per heavy atom. The highest BCUT2D eigenvalue weighted by atomic mass is 35.5. The molecule has 2 fully saturated rings. The Labute approximate surface area is 144 Å². The normalized spacial score (nSPS) is 23.3. The van der Waals surface area contributed by atoms with E-state index in [2.05, 4.69) is 11.4 Å². The highest BCUT2D eigenvalue weighted by Crippen LogP contribution is 2.34. The van der Waals surface area contributed by atoms with E-state index in [1.54, 1.807) is 0 Å². The van der Waals surface area contributed by atoms with Crippen LogP contribution in [0.2, 0.25) is 5.02 Å². The molecule has 0 radical (unpaired) electrons. The van der Waals surface area contributed by atoms with E-state index < -0.39 is 0 Å². The summed E-state index contributed by atoms with van der Waals surface area (Å²) in [6, 6.07) is 8.53. The summed E-state index contributed by atoms with van der Waals surface area (Å²) >= 11 is 6.41. The number of carbonyl (C=O) groups excluding carboxylic acids is 1. The van der Waals surface area contributed by atoms with Crippen molar-refractivity contribution in [2.75, 3.05) is 6.54 Å². The lowest BCUT2D eigenvalue weighted by Crippen LogP contribution is -2.46. The van der Waals surface area contributed by atoms with Gasteiger partial charge in [-0.2, -0.15) is 0 Å². The van der Waals surface area contributed by atoms with Crippen molar-refractivity contribution in [1.82, 2.24) is 10.2 Å². The zero-order valence-corrected chi connectivity index (χ0v) is 14.5. The number of benzene rings is 1. The van der Waals surface area contributed by atoms with Gasteiger partial charge in [-0.3, -0.25) is 0 Å². The fourth-order valence-electron chi connectivity index (χ4n) is 3.92. The van der Waals surface area contributed by atoms with E-state index in [0.29, 0.717) is 6.04 Å². The number of urea groups is 1. The van der Waals surface area contributed by atoms with Gasteiger partial charge in [-0.15, -0.1) is 0 Å². The Bertz CT molecular complexity index is 528. The molecule has 3 nitrogen and oxygen atoms in total. The minimum absolute atomic E-state index is 0.101. The molecule has 4 heteroatoms. The van der Waals surface area contributed by atoms with Gasteiger partial charge in [0.25, 0.3) is 0 Å². The first kappa shape index (κ1) is 16.6. The number of hydrogen-bond donors (Lipinski definition) is 1. The molecule has 126 valence electrons. The lowest BCUT2D eigenvalue weighted by molar-refractivity contribution is 0.169. The first-order valence-corrected chi connectivity index (χ1v) is 9.45. The predicted octanol–water partition coefficient (Wildman–Crippen LogP) is 5.30. The second kappa shape index (κ2) is 8.05. The zero-order chi connectivity index (χ0) is 16.1. The number of hydrogen-bond acceptors (Lipinski definition) is 1. The highest BCUT2D eigenvalue weighted by molar-refractivity contribution is 6.31. The molecule has 1 heterocycles. The third-order valence-corrected chi connectivity index (χ3v) is 5.55. The molecule has 1 saturated heterocycles. The molecule has 2 aliphatic rings. The van der Waals surface area contributed by atoms with E-state index in [1.165, 1.54) is 25.7 Å². The monoisotopic (exact) mass is 334 g/mol. The first-order valence-electron chi connectivity index (χ1n) is 9.07. The van der Waals surface area contributed by atoms with Crippen LogP contribution in [0, 0.1) is 0 Å².